The monoisotopic (exact) mass is 453 g/mol. The number of ether oxygens (including phenoxy) is 1. The van der Waals surface area contributed by atoms with Crippen LogP contribution >= 0.6 is 11.8 Å². The number of carbonyl (C=O) groups is 1. The topological polar surface area (TPSA) is 44.8 Å². The van der Waals surface area contributed by atoms with Gasteiger partial charge >= 0.3 is 0 Å². The second-order valence-electron chi connectivity index (χ2n) is 8.62. The van der Waals surface area contributed by atoms with Crippen LogP contribution in [0.25, 0.3) is 0 Å². The van der Waals surface area contributed by atoms with Crippen molar-refractivity contribution in [1.29, 1.82) is 0 Å². The lowest BCUT2D eigenvalue weighted by Crippen LogP contribution is -2.47. The fourth-order valence-corrected chi connectivity index (χ4v) is 5.68. The molecule has 0 bridgehead atoms. The van der Waals surface area contributed by atoms with Gasteiger partial charge in [0, 0.05) is 56.0 Å². The number of benzene rings is 2. The molecule has 2 aliphatic rings. The molecule has 0 saturated carbocycles. The summed E-state index contributed by atoms with van der Waals surface area (Å²) in [4.78, 5) is 17.6. The van der Waals surface area contributed by atoms with Gasteiger partial charge in [0.25, 0.3) is 0 Å². The van der Waals surface area contributed by atoms with Crippen LogP contribution in [0.2, 0.25) is 0 Å². The maximum absolute atomic E-state index is 12.4. The summed E-state index contributed by atoms with van der Waals surface area (Å²) in [5.41, 5.74) is 3.45. The molecule has 1 N–H and O–H groups in total. The van der Waals surface area contributed by atoms with Crippen LogP contribution in [0.15, 0.2) is 48.5 Å². The number of methoxy groups -OCH3 is 1. The smallest absolute Gasteiger partial charge is 0.224 e. The number of hydrogen-bond donors (Lipinski definition) is 1. The predicted octanol–water partition coefficient (Wildman–Crippen LogP) is 3.61. The summed E-state index contributed by atoms with van der Waals surface area (Å²) in [6.07, 6.45) is 3.68. The van der Waals surface area contributed by atoms with Gasteiger partial charge in [-0.05, 0) is 48.6 Å². The maximum atomic E-state index is 12.4. The van der Waals surface area contributed by atoms with Crippen LogP contribution in [-0.4, -0.2) is 68.2 Å². The van der Waals surface area contributed by atoms with Gasteiger partial charge in [0.1, 0.15) is 5.75 Å². The maximum Gasteiger partial charge on any atom is 0.224 e. The van der Waals surface area contributed by atoms with Crippen LogP contribution in [0, 0.1) is 0 Å². The molecule has 2 fully saturated rings. The summed E-state index contributed by atoms with van der Waals surface area (Å²) in [6, 6.07) is 17.3. The lowest BCUT2D eigenvalue weighted by atomic mass is 10.0. The van der Waals surface area contributed by atoms with Crippen LogP contribution in [-0.2, 0) is 17.6 Å². The number of anilines is 1. The van der Waals surface area contributed by atoms with Crippen molar-refractivity contribution < 1.29 is 9.53 Å². The van der Waals surface area contributed by atoms with Crippen molar-refractivity contribution in [3.05, 3.63) is 59.7 Å². The van der Waals surface area contributed by atoms with Crippen molar-refractivity contribution in [3.8, 4) is 5.75 Å². The molecule has 1 amide bonds. The molecule has 0 radical (unpaired) electrons. The van der Waals surface area contributed by atoms with Gasteiger partial charge < -0.3 is 15.0 Å². The fourth-order valence-electron chi connectivity index (χ4n) is 4.75. The minimum Gasteiger partial charge on any atom is -0.496 e. The van der Waals surface area contributed by atoms with E-state index in [4.69, 9.17) is 4.74 Å². The molecular weight excluding hydrogens is 418 g/mol. The van der Waals surface area contributed by atoms with Crippen LogP contribution in [0.5, 0.6) is 5.75 Å². The van der Waals surface area contributed by atoms with E-state index in [0.717, 1.165) is 42.4 Å². The molecule has 4 rings (SSSR count). The number of hydrogen-bond acceptors (Lipinski definition) is 5. The molecule has 172 valence electrons. The number of carbonyl (C=O) groups excluding carboxylic acids is 1. The second-order valence-corrected chi connectivity index (χ2v) is 9.85. The molecule has 2 aromatic carbocycles. The van der Waals surface area contributed by atoms with Gasteiger partial charge in [-0.2, -0.15) is 11.8 Å². The number of para-hydroxylation sites is 1. The highest BCUT2D eigenvalue weighted by molar-refractivity contribution is 7.99. The Labute approximate surface area is 196 Å². The highest BCUT2D eigenvalue weighted by Crippen LogP contribution is 2.25. The number of amides is 1. The van der Waals surface area contributed by atoms with E-state index in [0.29, 0.717) is 13.0 Å². The molecule has 0 unspecified atom stereocenters. The Bertz CT molecular complexity index is 860. The zero-order chi connectivity index (χ0) is 22.2. The molecule has 2 aromatic rings. The van der Waals surface area contributed by atoms with E-state index in [-0.39, 0.29) is 5.91 Å². The fraction of sp³-hybridized carbons (Fsp3) is 0.500. The molecular formula is C26H35N3O2S. The molecule has 0 atom stereocenters. The van der Waals surface area contributed by atoms with Gasteiger partial charge in [0.2, 0.25) is 5.91 Å². The van der Waals surface area contributed by atoms with Crippen molar-refractivity contribution in [3.63, 3.8) is 0 Å². The van der Waals surface area contributed by atoms with Crippen LogP contribution in [0.1, 0.15) is 24.0 Å². The summed E-state index contributed by atoms with van der Waals surface area (Å²) >= 11 is 2.08. The molecule has 2 saturated heterocycles. The molecule has 6 heteroatoms. The quantitative estimate of drug-likeness (QED) is 0.662. The average molecular weight is 454 g/mol. The summed E-state index contributed by atoms with van der Waals surface area (Å²) in [5, 5.41) is 3.03. The van der Waals surface area contributed by atoms with E-state index >= 15 is 0 Å². The Kier molecular flexibility index (Phi) is 8.35. The standard InChI is InChI=1S/C26H35N3O2S/c1-31-25-5-3-2-4-22(25)10-13-27-26(30)20-21-6-8-23(9-7-21)28-14-11-24(12-15-28)29-16-18-32-19-17-29/h2-9,24H,10-20H2,1H3,(H,27,30). The zero-order valence-electron chi connectivity index (χ0n) is 19.1. The van der Waals surface area contributed by atoms with Gasteiger partial charge in [-0.15, -0.1) is 0 Å². The van der Waals surface area contributed by atoms with Crippen molar-refractivity contribution >= 4 is 23.4 Å². The second kappa shape index (κ2) is 11.6. The Morgan fingerprint density at radius 2 is 1.75 bits per heavy atom. The summed E-state index contributed by atoms with van der Waals surface area (Å²) < 4.78 is 5.38. The third kappa shape index (κ3) is 6.20. The number of thioether (sulfide) groups is 1. The molecule has 5 nitrogen and oxygen atoms in total. The van der Waals surface area contributed by atoms with Crippen LogP contribution in [0.3, 0.4) is 0 Å². The molecule has 32 heavy (non-hydrogen) atoms. The third-order valence-corrected chi connectivity index (χ3v) is 7.54. The minimum atomic E-state index is 0.0631. The van der Waals surface area contributed by atoms with Gasteiger partial charge in [-0.1, -0.05) is 30.3 Å². The van der Waals surface area contributed by atoms with E-state index < -0.39 is 0 Å². The van der Waals surface area contributed by atoms with E-state index in [2.05, 4.69) is 51.1 Å². The van der Waals surface area contributed by atoms with Gasteiger partial charge in [-0.3, -0.25) is 9.69 Å². The van der Waals surface area contributed by atoms with E-state index in [9.17, 15) is 4.79 Å². The van der Waals surface area contributed by atoms with Crippen molar-refractivity contribution in [1.82, 2.24) is 10.2 Å². The van der Waals surface area contributed by atoms with E-state index in [1.807, 2.05) is 24.3 Å². The van der Waals surface area contributed by atoms with E-state index in [1.54, 1.807) is 7.11 Å². The minimum absolute atomic E-state index is 0.0631. The molecule has 2 heterocycles. The zero-order valence-corrected chi connectivity index (χ0v) is 19.9. The normalized spacial score (nSPS) is 17.8. The Morgan fingerprint density at radius 3 is 2.47 bits per heavy atom. The molecule has 0 spiro atoms. The molecule has 2 aliphatic heterocycles. The Hall–Kier alpha value is -2.18. The lowest BCUT2D eigenvalue weighted by molar-refractivity contribution is -0.120. The summed E-state index contributed by atoms with van der Waals surface area (Å²) in [6.45, 7) is 5.37. The average Bonchev–Trinajstić information content (AvgIpc) is 2.85. The third-order valence-electron chi connectivity index (χ3n) is 6.60. The number of piperidine rings is 1. The Balaban J connectivity index is 1.20. The first kappa shape index (κ1) is 23.0. The highest BCUT2D eigenvalue weighted by Gasteiger charge is 2.25. The van der Waals surface area contributed by atoms with Gasteiger partial charge in [0.05, 0.1) is 13.5 Å². The van der Waals surface area contributed by atoms with E-state index in [1.165, 1.54) is 43.1 Å². The largest absolute Gasteiger partial charge is 0.496 e. The van der Waals surface area contributed by atoms with Crippen molar-refractivity contribution in [2.24, 2.45) is 0 Å². The van der Waals surface area contributed by atoms with Gasteiger partial charge in [0.15, 0.2) is 0 Å². The van der Waals surface area contributed by atoms with Gasteiger partial charge in [-0.25, -0.2) is 0 Å². The summed E-state index contributed by atoms with van der Waals surface area (Å²) in [5.74, 6) is 3.51. The first-order valence-corrected chi connectivity index (χ1v) is 12.9. The van der Waals surface area contributed by atoms with Crippen molar-refractivity contribution in [2.75, 3.05) is 56.2 Å². The summed E-state index contributed by atoms with van der Waals surface area (Å²) in [7, 11) is 1.68. The first-order valence-electron chi connectivity index (χ1n) is 11.8. The predicted molar refractivity (Wildman–Crippen MR) is 134 cm³/mol. The number of nitrogens with zero attached hydrogens (tertiary/aromatic N) is 2. The lowest BCUT2D eigenvalue weighted by Gasteiger charge is -2.40. The van der Waals surface area contributed by atoms with Crippen LogP contribution in [0.4, 0.5) is 5.69 Å². The first-order chi connectivity index (χ1) is 15.7. The highest BCUT2D eigenvalue weighted by atomic mass is 32.2. The number of rotatable bonds is 8. The molecule has 0 aromatic heterocycles. The molecule has 0 aliphatic carbocycles. The SMILES string of the molecule is COc1ccccc1CCNC(=O)Cc1ccc(N2CCC(N3CCSCC3)CC2)cc1. The van der Waals surface area contributed by atoms with Crippen molar-refractivity contribution in [2.45, 2.75) is 31.7 Å². The van der Waals surface area contributed by atoms with Crippen LogP contribution < -0.4 is 15.0 Å². The number of nitrogens with one attached hydrogen (secondary N) is 1. The Morgan fingerprint density at radius 1 is 1.03 bits per heavy atom.